The summed E-state index contributed by atoms with van der Waals surface area (Å²) in [6.45, 7) is 31.7. The lowest BCUT2D eigenvalue weighted by atomic mass is 9.83. The van der Waals surface area contributed by atoms with Gasteiger partial charge in [0.25, 0.3) is 0 Å². The monoisotopic (exact) mass is 1240 g/mol. The Balaban J connectivity index is 0.000000206. The van der Waals surface area contributed by atoms with Crippen molar-refractivity contribution in [1.82, 2.24) is 0 Å². The molecule has 0 aliphatic heterocycles. The molecule has 0 fully saturated rings. The van der Waals surface area contributed by atoms with Gasteiger partial charge in [-0.3, -0.25) is 0 Å². The fourth-order valence-electron chi connectivity index (χ4n) is 12.2. The summed E-state index contributed by atoms with van der Waals surface area (Å²) in [6.07, 6.45) is 12.2. The van der Waals surface area contributed by atoms with E-state index in [2.05, 4.69) is 310 Å². The lowest BCUT2D eigenvalue weighted by Gasteiger charge is -2.27. The van der Waals surface area contributed by atoms with Gasteiger partial charge in [0.1, 0.15) is 0 Å². The molecule has 0 aromatic heterocycles. The molecule has 6 heteroatoms. The lowest BCUT2D eigenvalue weighted by molar-refractivity contribution is -0.558. The summed E-state index contributed by atoms with van der Waals surface area (Å²) in [5.74, 6) is 0. The van der Waals surface area contributed by atoms with Crippen LogP contribution in [-0.2, 0) is 26.2 Å². The second kappa shape index (κ2) is 33.0. The average Bonchev–Trinajstić information content (AvgIpc) is 0.785. The molecular formula is C87H86ClN5. The normalized spacial score (nSPS) is 11.2. The van der Waals surface area contributed by atoms with Gasteiger partial charge in [-0.05, 0) is 148 Å². The number of benzene rings is 11. The van der Waals surface area contributed by atoms with Crippen LogP contribution in [0.2, 0.25) is 0 Å². The van der Waals surface area contributed by atoms with Gasteiger partial charge in [0, 0.05) is 90.0 Å². The highest BCUT2D eigenvalue weighted by molar-refractivity contribution is 6.17. The minimum absolute atomic E-state index is 0. The standard InChI is InChI=1S/C49H52N3.C28H25N.C10H9N.ClH/c1-7-37-17-21-39(22-18-37)35-52(36-40-23-19-38(8-2)20-24-40)48-34-33-47(45-15-13-14-16-46(45)48)49(41-25-29-43(30-26-41)50(9-3)10-4)42-27-31-44(32-28-42)51(11-5)12-6;1-3-22-12-16-24(17-13-22)20-29(21-25-18-14-23(4-2)15-19-25)28-11-7-9-26-8-5-6-10-27(26)28;11-10-7-3-5-8-4-1-2-6-9(8)10;/h7-8,13-34H,1-2,9-12,35-36H2,3-6H3;3-19H,1-2,20-21H2;1-7H,11H2;1H/q+1;;;/p-1. The molecule has 0 unspecified atom stereocenters. The summed E-state index contributed by atoms with van der Waals surface area (Å²) in [5.41, 5.74) is 28.6. The van der Waals surface area contributed by atoms with Crippen LogP contribution < -0.4 is 32.8 Å². The Morgan fingerprint density at radius 3 is 1.18 bits per heavy atom. The zero-order chi connectivity index (χ0) is 64.2. The number of hydrogen-bond acceptors (Lipinski definition) is 4. The number of nitrogen functional groups attached to an aromatic ring is 1. The first-order chi connectivity index (χ1) is 45.1. The molecule has 0 spiro atoms. The summed E-state index contributed by atoms with van der Waals surface area (Å²) in [6, 6.07) is 91.2. The first-order valence-corrected chi connectivity index (χ1v) is 32.3. The Labute approximate surface area is 559 Å². The number of allylic oxidation sites excluding steroid dienone is 3. The van der Waals surface area contributed by atoms with Crippen LogP contribution in [0.4, 0.5) is 22.7 Å². The molecule has 0 saturated carbocycles. The summed E-state index contributed by atoms with van der Waals surface area (Å²) >= 11 is 0. The Kier molecular flexibility index (Phi) is 23.8. The van der Waals surface area contributed by atoms with Crippen LogP contribution >= 0.6 is 0 Å². The molecule has 2 N–H and O–H groups in total. The number of fused-ring (bicyclic) bond motifs is 3. The van der Waals surface area contributed by atoms with E-state index in [9.17, 15) is 0 Å². The SMILES string of the molecule is C=Cc1ccc(CN(Cc2ccc(C=C)cc2)c2cccc3ccccc23)cc1.C=Cc1ccc(C[N+](Cc2ccc(C=C)cc2)=C2C=CC(=C(c3ccc(N(CC)CC)cc3)c3ccc(N(CC)CC)cc3)c3ccccc32)cc1.Nc1cccc2ccccc12.[Cl-]. The summed E-state index contributed by atoms with van der Waals surface area (Å²) in [4.78, 5) is 7.25. The molecule has 466 valence electrons. The summed E-state index contributed by atoms with van der Waals surface area (Å²) < 4.78 is 2.51. The molecule has 11 aromatic rings. The van der Waals surface area contributed by atoms with E-state index in [0.717, 1.165) is 85.7 Å². The van der Waals surface area contributed by atoms with Crippen molar-refractivity contribution in [3.63, 3.8) is 0 Å². The molecule has 0 atom stereocenters. The van der Waals surface area contributed by atoms with Gasteiger partial charge in [-0.2, -0.15) is 0 Å². The fraction of sp³-hybridized carbons (Fsp3) is 0.138. The molecule has 1 aliphatic carbocycles. The van der Waals surface area contributed by atoms with Crippen molar-refractivity contribution in [2.75, 3.05) is 46.6 Å². The summed E-state index contributed by atoms with van der Waals surface area (Å²) in [5, 5.41) is 4.88. The molecule has 0 saturated heterocycles. The van der Waals surface area contributed by atoms with E-state index in [1.165, 1.54) is 94.6 Å². The molecule has 5 nitrogen and oxygen atoms in total. The maximum atomic E-state index is 5.76. The second-order valence-electron chi connectivity index (χ2n) is 23.1. The number of nitrogens with zero attached hydrogens (tertiary/aromatic N) is 4. The Bertz CT molecular complexity index is 4200. The van der Waals surface area contributed by atoms with E-state index >= 15 is 0 Å². The van der Waals surface area contributed by atoms with Crippen LogP contribution in [0, 0.1) is 0 Å². The molecule has 0 radical (unpaired) electrons. The third kappa shape index (κ3) is 16.7. The van der Waals surface area contributed by atoms with Crippen LogP contribution in [0.1, 0.15) is 94.5 Å². The molecule has 12 rings (SSSR count). The van der Waals surface area contributed by atoms with Gasteiger partial charge in [0.05, 0.1) is 5.56 Å². The van der Waals surface area contributed by atoms with Crippen LogP contribution in [-0.4, -0.2) is 36.5 Å². The molecule has 0 bridgehead atoms. The predicted octanol–water partition coefficient (Wildman–Crippen LogP) is 18.2. The van der Waals surface area contributed by atoms with Crippen LogP contribution in [0.15, 0.2) is 293 Å². The minimum atomic E-state index is 0. The zero-order valence-electron chi connectivity index (χ0n) is 54.4. The summed E-state index contributed by atoms with van der Waals surface area (Å²) in [7, 11) is 0. The average molecular weight is 1240 g/mol. The van der Waals surface area contributed by atoms with Crippen LogP contribution in [0.25, 0.3) is 57.0 Å². The van der Waals surface area contributed by atoms with E-state index in [0.29, 0.717) is 0 Å². The van der Waals surface area contributed by atoms with E-state index in [1.54, 1.807) is 0 Å². The Morgan fingerprint density at radius 2 is 0.753 bits per heavy atom. The highest BCUT2D eigenvalue weighted by Crippen LogP contribution is 2.39. The van der Waals surface area contributed by atoms with Crippen molar-refractivity contribution in [1.29, 1.82) is 0 Å². The number of halogens is 1. The van der Waals surface area contributed by atoms with E-state index in [-0.39, 0.29) is 12.4 Å². The van der Waals surface area contributed by atoms with Crippen molar-refractivity contribution in [3.05, 3.63) is 360 Å². The van der Waals surface area contributed by atoms with Gasteiger partial charge in [-0.25, -0.2) is 4.58 Å². The van der Waals surface area contributed by atoms with Crippen molar-refractivity contribution in [2.45, 2.75) is 53.9 Å². The zero-order valence-corrected chi connectivity index (χ0v) is 55.2. The van der Waals surface area contributed by atoms with E-state index in [4.69, 9.17) is 5.73 Å². The predicted molar refractivity (Wildman–Crippen MR) is 402 cm³/mol. The second-order valence-corrected chi connectivity index (χ2v) is 23.1. The number of rotatable bonds is 21. The van der Waals surface area contributed by atoms with E-state index < -0.39 is 0 Å². The third-order valence-electron chi connectivity index (χ3n) is 17.4. The van der Waals surface area contributed by atoms with Gasteiger partial charge >= 0.3 is 0 Å². The number of anilines is 4. The number of hydrogen-bond donors (Lipinski definition) is 1. The lowest BCUT2D eigenvalue weighted by Crippen LogP contribution is -3.00. The quantitative estimate of drug-likeness (QED) is 0.0575. The van der Waals surface area contributed by atoms with Crippen molar-refractivity contribution in [3.8, 4) is 0 Å². The smallest absolute Gasteiger partial charge is 0.208 e. The maximum absolute atomic E-state index is 5.76. The largest absolute Gasteiger partial charge is 1.00 e. The van der Waals surface area contributed by atoms with Gasteiger partial charge < -0.3 is 32.8 Å². The van der Waals surface area contributed by atoms with Crippen LogP contribution in [0.3, 0.4) is 0 Å². The highest BCUT2D eigenvalue weighted by atomic mass is 35.5. The Morgan fingerprint density at radius 1 is 0.376 bits per heavy atom. The van der Waals surface area contributed by atoms with E-state index in [1.807, 2.05) is 54.6 Å². The van der Waals surface area contributed by atoms with Crippen LogP contribution in [0.5, 0.6) is 0 Å². The van der Waals surface area contributed by atoms with Crippen molar-refractivity contribution in [2.24, 2.45) is 0 Å². The molecule has 93 heavy (non-hydrogen) atoms. The Hall–Kier alpha value is -10.5. The third-order valence-corrected chi connectivity index (χ3v) is 17.4. The first kappa shape index (κ1) is 66.9. The fourth-order valence-corrected chi connectivity index (χ4v) is 12.2. The molecule has 0 amide bonds. The highest BCUT2D eigenvalue weighted by Gasteiger charge is 2.26. The van der Waals surface area contributed by atoms with Crippen molar-refractivity contribution >= 4 is 85.5 Å². The molecule has 1 aliphatic rings. The van der Waals surface area contributed by atoms with Gasteiger partial charge in [0.2, 0.25) is 5.71 Å². The van der Waals surface area contributed by atoms with Gasteiger partial charge in [-0.1, -0.05) is 263 Å². The molecular weight excluding hydrogens is 1150 g/mol. The van der Waals surface area contributed by atoms with Crippen molar-refractivity contribution < 1.29 is 17.0 Å². The topological polar surface area (TPSA) is 38.8 Å². The van der Waals surface area contributed by atoms with Gasteiger partial charge in [-0.15, -0.1) is 0 Å². The molecule has 0 heterocycles. The molecule has 11 aromatic carbocycles. The minimum Gasteiger partial charge on any atom is -1.00 e. The number of nitrogens with two attached hydrogens (primary N) is 1. The first-order valence-electron chi connectivity index (χ1n) is 32.3. The maximum Gasteiger partial charge on any atom is 0.208 e. The van der Waals surface area contributed by atoms with Gasteiger partial charge in [0.15, 0.2) is 13.1 Å².